The van der Waals surface area contributed by atoms with Crippen molar-refractivity contribution in [2.75, 3.05) is 19.1 Å². The Balaban J connectivity index is 2.13. The fourth-order valence-electron chi connectivity index (χ4n) is 2.07. The summed E-state index contributed by atoms with van der Waals surface area (Å²) >= 11 is 6.08. The minimum Gasteiger partial charge on any atom is -0.497 e. The normalized spacial score (nSPS) is 10.5. The van der Waals surface area contributed by atoms with Gasteiger partial charge in [-0.25, -0.2) is 9.97 Å². The summed E-state index contributed by atoms with van der Waals surface area (Å²) in [5.74, 6) is 2.49. The van der Waals surface area contributed by atoms with E-state index >= 15 is 0 Å². The Kier molecular flexibility index (Phi) is 5.39. The molecule has 0 saturated heterocycles. The highest BCUT2D eigenvalue weighted by Crippen LogP contribution is 2.19. The van der Waals surface area contributed by atoms with E-state index in [0.717, 1.165) is 36.8 Å². The van der Waals surface area contributed by atoms with Crippen LogP contribution in [0.1, 0.15) is 24.7 Å². The lowest BCUT2D eigenvalue weighted by Gasteiger charge is -2.19. The highest BCUT2D eigenvalue weighted by Gasteiger charge is 2.08. The monoisotopic (exact) mass is 305 g/mol. The predicted molar refractivity (Wildman–Crippen MR) is 86.1 cm³/mol. The molecule has 0 bridgehead atoms. The van der Waals surface area contributed by atoms with Crippen LogP contribution >= 0.6 is 11.6 Å². The fourth-order valence-corrected chi connectivity index (χ4v) is 2.26. The van der Waals surface area contributed by atoms with E-state index in [1.54, 1.807) is 13.2 Å². The number of rotatable bonds is 6. The first kappa shape index (κ1) is 15.6. The van der Waals surface area contributed by atoms with Gasteiger partial charge in [0.05, 0.1) is 7.11 Å². The quantitative estimate of drug-likeness (QED) is 0.762. The Morgan fingerprint density at radius 3 is 2.52 bits per heavy atom. The molecule has 0 spiro atoms. The number of hydrogen-bond donors (Lipinski definition) is 0. The van der Waals surface area contributed by atoms with Gasteiger partial charge in [0.25, 0.3) is 0 Å². The molecule has 0 N–H and O–H groups in total. The Morgan fingerprint density at radius 2 is 1.90 bits per heavy atom. The van der Waals surface area contributed by atoms with E-state index in [2.05, 4.69) is 21.8 Å². The van der Waals surface area contributed by atoms with Crippen LogP contribution in [0.3, 0.4) is 0 Å². The topological polar surface area (TPSA) is 38.2 Å². The second kappa shape index (κ2) is 7.27. The molecule has 1 heterocycles. The average Bonchev–Trinajstić information content (AvgIpc) is 2.48. The van der Waals surface area contributed by atoms with E-state index in [4.69, 9.17) is 16.3 Å². The number of aromatic nitrogens is 2. The predicted octanol–water partition coefficient (Wildman–Crippen LogP) is 3.73. The molecule has 0 saturated carbocycles. The molecule has 4 nitrogen and oxygen atoms in total. The number of halogens is 1. The first-order chi connectivity index (χ1) is 10.1. The zero-order valence-corrected chi connectivity index (χ0v) is 13.4. The molecule has 0 aliphatic rings. The second-order valence-electron chi connectivity index (χ2n) is 4.92. The molecule has 1 aromatic carbocycles. The molecule has 5 heteroatoms. The highest BCUT2D eigenvalue weighted by atomic mass is 35.5. The van der Waals surface area contributed by atoms with Gasteiger partial charge in [0.2, 0.25) is 0 Å². The first-order valence-corrected chi connectivity index (χ1v) is 7.37. The molecular weight excluding hydrogens is 286 g/mol. The Labute approximate surface area is 130 Å². The molecule has 112 valence electrons. The van der Waals surface area contributed by atoms with Crippen molar-refractivity contribution in [1.29, 1.82) is 0 Å². The maximum atomic E-state index is 6.08. The van der Waals surface area contributed by atoms with Gasteiger partial charge in [-0.15, -0.1) is 0 Å². The minimum absolute atomic E-state index is 0.491. The lowest BCUT2D eigenvalue weighted by molar-refractivity contribution is 0.414. The smallest absolute Gasteiger partial charge is 0.134 e. The zero-order chi connectivity index (χ0) is 15.2. The third-order valence-corrected chi connectivity index (χ3v) is 3.36. The van der Waals surface area contributed by atoms with E-state index in [1.165, 1.54) is 5.56 Å². The van der Waals surface area contributed by atoms with Gasteiger partial charge in [0.15, 0.2) is 0 Å². The molecule has 21 heavy (non-hydrogen) atoms. The van der Waals surface area contributed by atoms with E-state index in [0.29, 0.717) is 5.15 Å². The highest BCUT2D eigenvalue weighted by molar-refractivity contribution is 6.29. The van der Waals surface area contributed by atoms with Gasteiger partial charge < -0.3 is 9.64 Å². The van der Waals surface area contributed by atoms with E-state index in [1.807, 2.05) is 31.3 Å². The Bertz CT molecular complexity index is 587. The Morgan fingerprint density at radius 1 is 1.19 bits per heavy atom. The molecule has 0 aliphatic carbocycles. The first-order valence-electron chi connectivity index (χ1n) is 7.00. The van der Waals surface area contributed by atoms with Crippen molar-refractivity contribution in [2.24, 2.45) is 0 Å². The molecule has 1 aromatic heterocycles. The number of ether oxygens (including phenoxy) is 1. The SMILES string of the molecule is CCCc1nc(Cl)cc(N(C)Cc2ccc(OC)cc2)n1. The summed E-state index contributed by atoms with van der Waals surface area (Å²) < 4.78 is 5.17. The number of methoxy groups -OCH3 is 1. The number of benzene rings is 1. The lowest BCUT2D eigenvalue weighted by Crippen LogP contribution is -2.18. The summed E-state index contributed by atoms with van der Waals surface area (Å²) in [7, 11) is 3.66. The van der Waals surface area contributed by atoms with Gasteiger partial charge in [-0.05, 0) is 24.1 Å². The average molecular weight is 306 g/mol. The largest absolute Gasteiger partial charge is 0.497 e. The van der Waals surface area contributed by atoms with Crippen LogP contribution in [0.2, 0.25) is 5.15 Å². The standard InChI is InChI=1S/C16H20ClN3O/c1-4-5-15-18-14(17)10-16(19-15)20(2)11-12-6-8-13(21-3)9-7-12/h6-10H,4-5,11H2,1-3H3. The van der Waals surface area contributed by atoms with Crippen molar-refractivity contribution in [3.8, 4) is 5.75 Å². The summed E-state index contributed by atoms with van der Waals surface area (Å²) in [6, 6.07) is 9.80. The molecule has 0 atom stereocenters. The van der Waals surface area contributed by atoms with Gasteiger partial charge in [-0.2, -0.15) is 0 Å². The fraction of sp³-hybridized carbons (Fsp3) is 0.375. The van der Waals surface area contributed by atoms with Gasteiger partial charge in [0.1, 0.15) is 22.5 Å². The van der Waals surface area contributed by atoms with Crippen LogP contribution < -0.4 is 9.64 Å². The molecule has 0 amide bonds. The summed E-state index contributed by atoms with van der Waals surface area (Å²) in [6.07, 6.45) is 1.84. The summed E-state index contributed by atoms with van der Waals surface area (Å²) in [6.45, 7) is 2.86. The van der Waals surface area contributed by atoms with Gasteiger partial charge in [0, 0.05) is 26.1 Å². The molecule has 0 fully saturated rings. The second-order valence-corrected chi connectivity index (χ2v) is 5.31. The summed E-state index contributed by atoms with van der Waals surface area (Å²) in [4.78, 5) is 10.9. The van der Waals surface area contributed by atoms with Crippen LogP contribution in [0.25, 0.3) is 0 Å². The molecular formula is C16H20ClN3O. The third-order valence-electron chi connectivity index (χ3n) is 3.17. The van der Waals surface area contributed by atoms with Crippen LogP contribution in [0.15, 0.2) is 30.3 Å². The van der Waals surface area contributed by atoms with Gasteiger partial charge >= 0.3 is 0 Å². The van der Waals surface area contributed by atoms with E-state index < -0.39 is 0 Å². The number of nitrogens with zero attached hydrogens (tertiary/aromatic N) is 3. The third kappa shape index (κ3) is 4.33. The van der Waals surface area contributed by atoms with Crippen molar-refractivity contribution < 1.29 is 4.74 Å². The molecule has 0 aliphatic heterocycles. The van der Waals surface area contributed by atoms with Crippen molar-refractivity contribution in [1.82, 2.24) is 9.97 Å². The number of anilines is 1. The van der Waals surface area contributed by atoms with Crippen LogP contribution in [-0.4, -0.2) is 24.1 Å². The van der Waals surface area contributed by atoms with Crippen molar-refractivity contribution >= 4 is 17.4 Å². The van der Waals surface area contributed by atoms with Crippen molar-refractivity contribution in [3.63, 3.8) is 0 Å². The maximum absolute atomic E-state index is 6.08. The van der Waals surface area contributed by atoms with Gasteiger partial charge in [-0.1, -0.05) is 30.7 Å². The molecule has 2 rings (SSSR count). The van der Waals surface area contributed by atoms with Crippen molar-refractivity contribution in [3.05, 3.63) is 46.9 Å². The van der Waals surface area contributed by atoms with E-state index in [9.17, 15) is 0 Å². The number of aryl methyl sites for hydroxylation is 1. The zero-order valence-electron chi connectivity index (χ0n) is 12.6. The minimum atomic E-state index is 0.491. The maximum Gasteiger partial charge on any atom is 0.134 e. The van der Waals surface area contributed by atoms with Crippen LogP contribution in [0, 0.1) is 0 Å². The van der Waals surface area contributed by atoms with Gasteiger partial charge in [-0.3, -0.25) is 0 Å². The summed E-state index contributed by atoms with van der Waals surface area (Å²) in [5, 5.41) is 0.491. The molecule has 0 radical (unpaired) electrons. The Hall–Kier alpha value is -1.81. The number of hydrogen-bond acceptors (Lipinski definition) is 4. The summed E-state index contributed by atoms with van der Waals surface area (Å²) in [5.41, 5.74) is 1.19. The van der Waals surface area contributed by atoms with Crippen LogP contribution in [0.4, 0.5) is 5.82 Å². The van der Waals surface area contributed by atoms with Crippen LogP contribution in [-0.2, 0) is 13.0 Å². The molecule has 0 unspecified atom stereocenters. The van der Waals surface area contributed by atoms with E-state index in [-0.39, 0.29) is 0 Å². The van der Waals surface area contributed by atoms with Crippen molar-refractivity contribution in [2.45, 2.75) is 26.3 Å². The lowest BCUT2D eigenvalue weighted by atomic mass is 10.2. The molecule has 2 aromatic rings. The van der Waals surface area contributed by atoms with Crippen LogP contribution in [0.5, 0.6) is 5.75 Å².